The highest BCUT2D eigenvalue weighted by Gasteiger charge is 2.40. The van der Waals surface area contributed by atoms with Gasteiger partial charge in [-0.15, -0.1) is 0 Å². The van der Waals surface area contributed by atoms with Crippen molar-refractivity contribution >= 4 is 34.6 Å². The molecule has 4 N–H and O–H groups in total. The van der Waals surface area contributed by atoms with Gasteiger partial charge in [0.2, 0.25) is 11.8 Å². The predicted molar refractivity (Wildman–Crippen MR) is 139 cm³/mol. The maximum Gasteiger partial charge on any atom is 0.328 e. The summed E-state index contributed by atoms with van der Waals surface area (Å²) in [5.74, 6) is -1.62. The number of amides is 3. The van der Waals surface area contributed by atoms with E-state index in [0.29, 0.717) is 18.6 Å². The Hall–Kier alpha value is -3.56. The van der Waals surface area contributed by atoms with Crippen molar-refractivity contribution in [2.45, 2.75) is 71.5 Å². The van der Waals surface area contributed by atoms with Gasteiger partial charge in [-0.05, 0) is 56.7 Å². The lowest BCUT2D eigenvalue weighted by Crippen LogP contribution is -2.53. The van der Waals surface area contributed by atoms with Gasteiger partial charge in [0.15, 0.2) is 0 Å². The summed E-state index contributed by atoms with van der Waals surface area (Å²) in [5.41, 5.74) is 0.303. The summed E-state index contributed by atoms with van der Waals surface area (Å²) in [6.45, 7) is 9.68. The van der Waals surface area contributed by atoms with E-state index in [2.05, 4.69) is 20.9 Å². The number of nitrogens with one attached hydrogen (secondary N) is 4. The molecule has 1 aliphatic heterocycles. The van der Waals surface area contributed by atoms with Crippen LogP contribution in [0.5, 0.6) is 5.75 Å². The van der Waals surface area contributed by atoms with E-state index in [-0.39, 0.29) is 23.4 Å². The third kappa shape index (κ3) is 7.02. The van der Waals surface area contributed by atoms with Crippen molar-refractivity contribution in [2.75, 3.05) is 14.2 Å². The third-order valence-corrected chi connectivity index (χ3v) is 6.44. The zero-order valence-corrected chi connectivity index (χ0v) is 22.6. The Labute approximate surface area is 217 Å². The molecule has 2 unspecified atom stereocenters. The molecule has 202 valence electrons. The number of hydrogen-bond acceptors (Lipinski definition) is 6. The van der Waals surface area contributed by atoms with Gasteiger partial charge in [0.25, 0.3) is 5.91 Å². The minimum Gasteiger partial charge on any atom is -0.496 e. The van der Waals surface area contributed by atoms with Gasteiger partial charge >= 0.3 is 5.97 Å². The van der Waals surface area contributed by atoms with E-state index in [1.54, 1.807) is 19.2 Å². The summed E-state index contributed by atoms with van der Waals surface area (Å²) < 4.78 is 10.3. The summed E-state index contributed by atoms with van der Waals surface area (Å²) in [6.07, 6.45) is 0.950. The first kappa shape index (κ1) is 28.0. The first-order valence-corrected chi connectivity index (χ1v) is 12.4. The molecule has 10 nitrogen and oxygen atoms in total. The first-order chi connectivity index (χ1) is 17.2. The van der Waals surface area contributed by atoms with Crippen molar-refractivity contribution in [1.29, 1.82) is 0 Å². The number of fused-ring (bicyclic) bond motifs is 1. The molecule has 37 heavy (non-hydrogen) atoms. The molecule has 2 heterocycles. The van der Waals surface area contributed by atoms with Crippen molar-refractivity contribution in [3.05, 3.63) is 30.0 Å². The lowest BCUT2D eigenvalue weighted by molar-refractivity contribution is -0.146. The molecule has 1 saturated heterocycles. The van der Waals surface area contributed by atoms with Crippen LogP contribution in [0.25, 0.3) is 10.9 Å². The van der Waals surface area contributed by atoms with Gasteiger partial charge in [-0.1, -0.05) is 26.8 Å². The van der Waals surface area contributed by atoms with Crippen LogP contribution < -0.4 is 20.7 Å². The molecule has 2 aromatic rings. The first-order valence-electron chi connectivity index (χ1n) is 12.4. The molecule has 0 aliphatic carbocycles. The quantitative estimate of drug-likeness (QED) is 0.380. The standard InChI is InChI=1S/C27H38N4O6/c1-26(2,3)14-20(30-23(33)18-12-16-17(28-18)9-8-10-21(16)36-6)24(34)29-19(25(35)37-7)11-15-13-27(4,5)31-22(15)32/h8-10,12,15,19-20,28H,11,13-14H2,1-7H3,(H,29,34)(H,30,33)(H,31,32)/t15-,19?,20?/m1/s1. The van der Waals surface area contributed by atoms with E-state index in [1.807, 2.05) is 46.8 Å². The second-order valence-corrected chi connectivity index (χ2v) is 11.5. The van der Waals surface area contributed by atoms with E-state index in [4.69, 9.17) is 9.47 Å². The lowest BCUT2D eigenvalue weighted by Gasteiger charge is -2.28. The zero-order chi connectivity index (χ0) is 27.5. The molecule has 0 saturated carbocycles. The van der Waals surface area contributed by atoms with Crippen LogP contribution in [0.4, 0.5) is 0 Å². The normalized spacial score (nSPS) is 18.6. The number of H-pyrrole nitrogens is 1. The van der Waals surface area contributed by atoms with Crippen LogP contribution in [0, 0.1) is 11.3 Å². The minimum atomic E-state index is -1.03. The number of benzene rings is 1. The van der Waals surface area contributed by atoms with Gasteiger partial charge in [0.1, 0.15) is 23.5 Å². The van der Waals surface area contributed by atoms with Gasteiger partial charge in [-0.25, -0.2) is 4.79 Å². The van der Waals surface area contributed by atoms with E-state index in [1.165, 1.54) is 7.11 Å². The molecule has 0 spiro atoms. The maximum atomic E-state index is 13.4. The number of esters is 1. The van der Waals surface area contributed by atoms with E-state index >= 15 is 0 Å². The van der Waals surface area contributed by atoms with Crippen LogP contribution in [0.3, 0.4) is 0 Å². The van der Waals surface area contributed by atoms with Gasteiger partial charge in [-0.2, -0.15) is 0 Å². The van der Waals surface area contributed by atoms with Crippen LogP contribution in [-0.2, 0) is 19.1 Å². The number of aromatic nitrogens is 1. The molecule has 1 fully saturated rings. The van der Waals surface area contributed by atoms with Crippen LogP contribution in [0.2, 0.25) is 0 Å². The molecule has 0 bridgehead atoms. The highest BCUT2D eigenvalue weighted by Crippen LogP contribution is 2.29. The lowest BCUT2D eigenvalue weighted by atomic mass is 9.87. The highest BCUT2D eigenvalue weighted by atomic mass is 16.5. The monoisotopic (exact) mass is 514 g/mol. The van der Waals surface area contributed by atoms with Gasteiger partial charge in [0.05, 0.1) is 14.2 Å². The van der Waals surface area contributed by atoms with E-state index in [9.17, 15) is 19.2 Å². The van der Waals surface area contributed by atoms with Crippen molar-refractivity contribution in [3.8, 4) is 5.75 Å². The summed E-state index contributed by atoms with van der Waals surface area (Å²) >= 11 is 0. The fourth-order valence-corrected chi connectivity index (χ4v) is 4.78. The predicted octanol–water partition coefficient (Wildman–Crippen LogP) is 2.67. The van der Waals surface area contributed by atoms with Gasteiger partial charge < -0.3 is 30.4 Å². The molecular formula is C27H38N4O6. The Morgan fingerprint density at radius 1 is 1.14 bits per heavy atom. The molecular weight excluding hydrogens is 476 g/mol. The Balaban J connectivity index is 1.80. The van der Waals surface area contributed by atoms with E-state index in [0.717, 1.165) is 10.9 Å². The van der Waals surface area contributed by atoms with Crippen molar-refractivity contribution in [1.82, 2.24) is 20.9 Å². The second-order valence-electron chi connectivity index (χ2n) is 11.5. The third-order valence-electron chi connectivity index (χ3n) is 6.44. The number of carbonyl (C=O) groups excluding carboxylic acids is 4. The summed E-state index contributed by atoms with van der Waals surface area (Å²) in [5, 5.41) is 9.19. The molecule has 3 amide bonds. The number of methoxy groups -OCH3 is 2. The number of aromatic amines is 1. The molecule has 3 atom stereocenters. The second kappa shape index (κ2) is 10.8. The Morgan fingerprint density at radius 2 is 1.84 bits per heavy atom. The SMILES string of the molecule is COC(=O)C(C[C@@H]1CC(C)(C)NC1=O)NC(=O)C(CC(C)(C)C)NC(=O)c1cc2c(OC)cccc2[nH]1. The molecule has 1 aliphatic rings. The Bertz CT molecular complexity index is 1180. The zero-order valence-electron chi connectivity index (χ0n) is 22.6. The fraction of sp³-hybridized carbons (Fsp3) is 0.556. The largest absolute Gasteiger partial charge is 0.496 e. The number of ether oxygens (including phenoxy) is 2. The molecule has 1 aromatic heterocycles. The average Bonchev–Trinajstić information content (AvgIpc) is 3.36. The van der Waals surface area contributed by atoms with Crippen molar-refractivity contribution in [3.63, 3.8) is 0 Å². The van der Waals surface area contributed by atoms with Crippen LogP contribution in [-0.4, -0.2) is 60.5 Å². The molecule has 3 rings (SSSR count). The molecule has 0 radical (unpaired) electrons. The minimum absolute atomic E-state index is 0.103. The average molecular weight is 515 g/mol. The van der Waals surface area contributed by atoms with Gasteiger partial charge in [-0.3, -0.25) is 14.4 Å². The highest BCUT2D eigenvalue weighted by molar-refractivity contribution is 6.01. The topological polar surface area (TPSA) is 139 Å². The number of hydrogen-bond donors (Lipinski definition) is 4. The molecule has 10 heteroatoms. The van der Waals surface area contributed by atoms with Gasteiger partial charge in [0, 0.05) is 22.4 Å². The molecule has 1 aromatic carbocycles. The van der Waals surface area contributed by atoms with Crippen LogP contribution in [0.1, 0.15) is 64.4 Å². The van der Waals surface area contributed by atoms with Crippen molar-refractivity contribution in [2.24, 2.45) is 11.3 Å². The van der Waals surface area contributed by atoms with Crippen LogP contribution >= 0.6 is 0 Å². The maximum absolute atomic E-state index is 13.4. The summed E-state index contributed by atoms with van der Waals surface area (Å²) in [4.78, 5) is 54.6. The Kier molecular flexibility index (Phi) is 8.19. The summed E-state index contributed by atoms with van der Waals surface area (Å²) in [7, 11) is 2.79. The smallest absolute Gasteiger partial charge is 0.328 e. The Morgan fingerprint density at radius 3 is 2.41 bits per heavy atom. The summed E-state index contributed by atoms with van der Waals surface area (Å²) in [6, 6.07) is 5.16. The fourth-order valence-electron chi connectivity index (χ4n) is 4.78. The van der Waals surface area contributed by atoms with Crippen molar-refractivity contribution < 1.29 is 28.7 Å². The van der Waals surface area contributed by atoms with Crippen LogP contribution in [0.15, 0.2) is 24.3 Å². The van der Waals surface area contributed by atoms with E-state index < -0.39 is 41.3 Å². The number of rotatable bonds is 9. The number of carbonyl (C=O) groups is 4.